The maximum Gasteiger partial charge on any atom is 0.283 e. The predicted octanol–water partition coefficient (Wildman–Crippen LogP) is 4.34. The standard InChI is InChI=1S/C22H18Cl3N3O4/c23-13-6-7-16(24)17(10-13)28-21(30)18(25)19(22(28)31)27-14-4-1-3-12(9-14)20(29)26-11-15-5-2-8-32-15/h1,3-4,6-7,9-10,15,27H,2,5,8,11H2,(H,26,29). The predicted molar refractivity (Wildman–Crippen MR) is 123 cm³/mol. The molecule has 7 nitrogen and oxygen atoms in total. The number of benzene rings is 2. The molecular formula is C22H18Cl3N3O4. The summed E-state index contributed by atoms with van der Waals surface area (Å²) >= 11 is 18.3. The fourth-order valence-electron chi connectivity index (χ4n) is 3.48. The molecule has 4 rings (SSSR count). The Labute approximate surface area is 199 Å². The third-order valence-electron chi connectivity index (χ3n) is 5.08. The summed E-state index contributed by atoms with van der Waals surface area (Å²) < 4.78 is 5.51. The lowest BCUT2D eigenvalue weighted by molar-refractivity contribution is -0.120. The van der Waals surface area contributed by atoms with Gasteiger partial charge in [-0.25, -0.2) is 4.90 Å². The first-order valence-corrected chi connectivity index (χ1v) is 11.0. The zero-order valence-corrected chi connectivity index (χ0v) is 18.9. The minimum atomic E-state index is -0.728. The zero-order valence-electron chi connectivity index (χ0n) is 16.7. The second kappa shape index (κ2) is 9.50. The number of hydrogen-bond acceptors (Lipinski definition) is 5. The van der Waals surface area contributed by atoms with Crippen LogP contribution in [0, 0.1) is 0 Å². The Morgan fingerprint density at radius 1 is 1.09 bits per heavy atom. The Kier molecular flexibility index (Phi) is 6.71. The van der Waals surface area contributed by atoms with Crippen LogP contribution in [0.15, 0.2) is 53.2 Å². The van der Waals surface area contributed by atoms with Gasteiger partial charge in [0.2, 0.25) is 0 Å². The lowest BCUT2D eigenvalue weighted by atomic mass is 10.1. The van der Waals surface area contributed by atoms with E-state index in [1.165, 1.54) is 12.1 Å². The van der Waals surface area contributed by atoms with E-state index in [1.807, 2.05) is 0 Å². The van der Waals surface area contributed by atoms with E-state index in [1.54, 1.807) is 30.3 Å². The number of nitrogens with one attached hydrogen (secondary N) is 2. The van der Waals surface area contributed by atoms with Crippen molar-refractivity contribution >= 4 is 63.9 Å². The molecule has 0 radical (unpaired) electrons. The number of nitrogens with zero attached hydrogens (tertiary/aromatic N) is 1. The van der Waals surface area contributed by atoms with Gasteiger partial charge in [0.15, 0.2) is 0 Å². The van der Waals surface area contributed by atoms with Crippen molar-refractivity contribution in [3.05, 3.63) is 68.8 Å². The molecule has 0 spiro atoms. The quantitative estimate of drug-likeness (QED) is 0.584. The van der Waals surface area contributed by atoms with Crippen LogP contribution in [0.25, 0.3) is 0 Å². The maximum atomic E-state index is 13.0. The van der Waals surface area contributed by atoms with Gasteiger partial charge in [-0.15, -0.1) is 0 Å². The lowest BCUT2D eigenvalue weighted by Crippen LogP contribution is -2.32. The highest BCUT2D eigenvalue weighted by molar-refractivity contribution is 6.54. The van der Waals surface area contributed by atoms with Gasteiger partial charge in [0, 0.05) is 29.4 Å². The molecule has 1 fully saturated rings. The third-order valence-corrected chi connectivity index (χ3v) is 5.99. The van der Waals surface area contributed by atoms with Gasteiger partial charge < -0.3 is 15.4 Å². The van der Waals surface area contributed by atoms with E-state index < -0.39 is 11.8 Å². The first kappa shape index (κ1) is 22.6. The van der Waals surface area contributed by atoms with Gasteiger partial charge in [0.1, 0.15) is 10.7 Å². The molecule has 166 valence electrons. The van der Waals surface area contributed by atoms with Crippen LogP contribution in [-0.4, -0.2) is 37.0 Å². The van der Waals surface area contributed by atoms with Crippen molar-refractivity contribution in [3.8, 4) is 0 Å². The van der Waals surface area contributed by atoms with E-state index in [9.17, 15) is 14.4 Å². The Morgan fingerprint density at radius 2 is 1.91 bits per heavy atom. The van der Waals surface area contributed by atoms with Crippen LogP contribution < -0.4 is 15.5 Å². The summed E-state index contributed by atoms with van der Waals surface area (Å²) in [7, 11) is 0. The lowest BCUT2D eigenvalue weighted by Gasteiger charge is -2.17. The van der Waals surface area contributed by atoms with Crippen molar-refractivity contribution in [2.75, 3.05) is 23.4 Å². The third kappa shape index (κ3) is 4.61. The molecule has 32 heavy (non-hydrogen) atoms. The van der Waals surface area contributed by atoms with Crippen LogP contribution in [0.2, 0.25) is 10.0 Å². The Balaban J connectivity index is 1.50. The summed E-state index contributed by atoms with van der Waals surface area (Å²) in [5.74, 6) is -1.68. The highest BCUT2D eigenvalue weighted by Crippen LogP contribution is 2.35. The zero-order chi connectivity index (χ0) is 22.8. The van der Waals surface area contributed by atoms with Crippen molar-refractivity contribution in [1.29, 1.82) is 0 Å². The Hall–Kier alpha value is -2.58. The van der Waals surface area contributed by atoms with E-state index in [0.717, 1.165) is 17.7 Å². The van der Waals surface area contributed by atoms with Crippen LogP contribution in [0.5, 0.6) is 0 Å². The molecule has 0 saturated carbocycles. The second-order valence-corrected chi connectivity index (χ2v) is 8.50. The average Bonchev–Trinajstić information content (AvgIpc) is 3.37. The number of carbonyl (C=O) groups excluding carboxylic acids is 3. The monoisotopic (exact) mass is 493 g/mol. The van der Waals surface area contributed by atoms with Crippen LogP contribution >= 0.6 is 34.8 Å². The minimum Gasteiger partial charge on any atom is -0.376 e. The van der Waals surface area contributed by atoms with E-state index >= 15 is 0 Å². The van der Waals surface area contributed by atoms with Crippen LogP contribution in [0.3, 0.4) is 0 Å². The summed E-state index contributed by atoms with van der Waals surface area (Å²) in [6.45, 7) is 1.13. The Morgan fingerprint density at radius 3 is 2.66 bits per heavy atom. The molecule has 2 aromatic carbocycles. The van der Waals surface area contributed by atoms with Gasteiger partial charge in [-0.05, 0) is 49.2 Å². The van der Waals surface area contributed by atoms with Gasteiger partial charge in [-0.3, -0.25) is 14.4 Å². The van der Waals surface area contributed by atoms with Crippen molar-refractivity contribution in [2.45, 2.75) is 18.9 Å². The topological polar surface area (TPSA) is 87.7 Å². The first-order valence-electron chi connectivity index (χ1n) is 9.85. The van der Waals surface area contributed by atoms with Crippen molar-refractivity contribution in [2.24, 2.45) is 0 Å². The number of imide groups is 1. The molecule has 2 aliphatic rings. The molecule has 2 aromatic rings. The molecule has 2 heterocycles. The molecule has 3 amide bonds. The van der Waals surface area contributed by atoms with Crippen LogP contribution in [-0.2, 0) is 14.3 Å². The van der Waals surface area contributed by atoms with Crippen molar-refractivity contribution < 1.29 is 19.1 Å². The average molecular weight is 495 g/mol. The van der Waals surface area contributed by atoms with Gasteiger partial charge in [-0.2, -0.15) is 0 Å². The first-order chi connectivity index (χ1) is 15.3. The summed E-state index contributed by atoms with van der Waals surface area (Å²) in [6, 6.07) is 11.0. The smallest absolute Gasteiger partial charge is 0.283 e. The highest BCUT2D eigenvalue weighted by atomic mass is 35.5. The number of amides is 3. The van der Waals surface area contributed by atoms with Crippen LogP contribution in [0.1, 0.15) is 23.2 Å². The fourth-order valence-corrected chi connectivity index (χ4v) is 4.06. The molecule has 0 aliphatic carbocycles. The normalized spacial score (nSPS) is 18.5. The number of ether oxygens (including phenoxy) is 1. The van der Waals surface area contributed by atoms with E-state index in [2.05, 4.69) is 10.6 Å². The summed E-state index contributed by atoms with van der Waals surface area (Å²) in [4.78, 5) is 39.0. The molecule has 0 aromatic heterocycles. The van der Waals surface area contributed by atoms with E-state index in [0.29, 0.717) is 29.4 Å². The molecule has 1 atom stereocenters. The number of carbonyl (C=O) groups is 3. The largest absolute Gasteiger partial charge is 0.376 e. The second-order valence-electron chi connectivity index (χ2n) is 7.28. The molecule has 2 N–H and O–H groups in total. The summed E-state index contributed by atoms with van der Waals surface area (Å²) in [6.07, 6.45) is 1.92. The number of halogens is 3. The van der Waals surface area contributed by atoms with Gasteiger partial charge in [0.25, 0.3) is 17.7 Å². The van der Waals surface area contributed by atoms with Gasteiger partial charge in [-0.1, -0.05) is 40.9 Å². The molecule has 0 bridgehead atoms. The molecule has 2 aliphatic heterocycles. The highest BCUT2D eigenvalue weighted by Gasteiger charge is 2.40. The molecular weight excluding hydrogens is 477 g/mol. The maximum absolute atomic E-state index is 13.0. The number of hydrogen-bond donors (Lipinski definition) is 2. The van der Waals surface area contributed by atoms with Gasteiger partial charge in [0.05, 0.1) is 16.8 Å². The minimum absolute atomic E-state index is 0.0237. The number of anilines is 2. The van der Waals surface area contributed by atoms with E-state index in [-0.39, 0.29) is 33.5 Å². The molecule has 1 unspecified atom stereocenters. The molecule has 10 heteroatoms. The molecule has 1 saturated heterocycles. The van der Waals surface area contributed by atoms with E-state index in [4.69, 9.17) is 39.5 Å². The van der Waals surface area contributed by atoms with Crippen LogP contribution in [0.4, 0.5) is 11.4 Å². The van der Waals surface area contributed by atoms with Gasteiger partial charge >= 0.3 is 0 Å². The fraction of sp³-hybridized carbons (Fsp3) is 0.227. The SMILES string of the molecule is O=C(NCC1CCCO1)c1cccc(NC2=C(Cl)C(=O)N(c3cc(Cl)ccc3Cl)C2=O)c1. The number of rotatable bonds is 6. The van der Waals surface area contributed by atoms with Crippen molar-refractivity contribution in [3.63, 3.8) is 0 Å². The summed E-state index contributed by atoms with van der Waals surface area (Å²) in [5, 5.41) is 5.88. The Bertz CT molecular complexity index is 1130. The summed E-state index contributed by atoms with van der Waals surface area (Å²) in [5.41, 5.74) is 0.815. The van der Waals surface area contributed by atoms with Crippen molar-refractivity contribution in [1.82, 2.24) is 5.32 Å².